The number of halogens is 5. The molecule has 0 N–H and O–H groups in total. The minimum absolute atomic E-state index is 0.0656. The summed E-state index contributed by atoms with van der Waals surface area (Å²) < 4.78 is 72.6. The largest absolute Gasteiger partial charge is 0.573 e. The summed E-state index contributed by atoms with van der Waals surface area (Å²) in [7, 11) is 0. The lowest BCUT2D eigenvalue weighted by atomic mass is 10.1. The van der Waals surface area contributed by atoms with E-state index in [9.17, 15) is 22.0 Å². The molecule has 5 rings (SSSR count). The topological polar surface area (TPSA) is 77.1 Å². The number of amidine groups is 1. The maximum absolute atomic E-state index is 12.8. The number of benzene rings is 3. The summed E-state index contributed by atoms with van der Waals surface area (Å²) in [6, 6.07) is 19.0. The van der Waals surface area contributed by atoms with Gasteiger partial charge in [-0.15, -0.1) is 23.4 Å². The van der Waals surface area contributed by atoms with Crippen LogP contribution in [0.15, 0.2) is 89.3 Å². The molecule has 1 aliphatic rings. The van der Waals surface area contributed by atoms with Crippen LogP contribution in [-0.2, 0) is 0 Å². The first-order chi connectivity index (χ1) is 19.2. The standard InChI is InChI=1S/C26H19F5N6O2S/c27-24(28)38-22-4-2-1-3-21(22)36-13-14-40-25(36)34-33-15-17-5-7-18(8-6-17)23-32-16-37(35-23)19-9-11-20(12-10-19)39-26(29,30)31/h1-12,15-16,24H,13-14H2/b33-15+,34-25-. The van der Waals surface area contributed by atoms with E-state index in [1.54, 1.807) is 53.6 Å². The zero-order valence-electron chi connectivity index (χ0n) is 20.4. The number of aromatic nitrogens is 3. The van der Waals surface area contributed by atoms with E-state index in [1.807, 2.05) is 0 Å². The third-order valence-electron chi connectivity index (χ3n) is 5.49. The molecule has 0 aliphatic carbocycles. The first-order valence-corrected chi connectivity index (χ1v) is 12.7. The van der Waals surface area contributed by atoms with Crippen molar-refractivity contribution in [2.45, 2.75) is 13.0 Å². The Morgan fingerprint density at radius 1 is 0.975 bits per heavy atom. The third-order valence-corrected chi connectivity index (χ3v) is 6.44. The highest BCUT2D eigenvalue weighted by Crippen LogP contribution is 2.34. The maximum Gasteiger partial charge on any atom is 0.573 e. The van der Waals surface area contributed by atoms with E-state index in [4.69, 9.17) is 0 Å². The second kappa shape index (κ2) is 11.7. The number of alkyl halides is 5. The van der Waals surface area contributed by atoms with Gasteiger partial charge in [0.25, 0.3) is 0 Å². The summed E-state index contributed by atoms with van der Waals surface area (Å²) in [5, 5.41) is 13.4. The van der Waals surface area contributed by atoms with Crippen LogP contribution in [0.5, 0.6) is 11.5 Å². The Morgan fingerprint density at radius 3 is 2.45 bits per heavy atom. The molecule has 0 unspecified atom stereocenters. The van der Waals surface area contributed by atoms with Crippen LogP contribution in [0.2, 0.25) is 0 Å². The fraction of sp³-hybridized carbons (Fsp3) is 0.154. The highest BCUT2D eigenvalue weighted by atomic mass is 32.2. The fourth-order valence-electron chi connectivity index (χ4n) is 3.77. The molecule has 14 heteroatoms. The smallest absolute Gasteiger partial charge is 0.433 e. The lowest BCUT2D eigenvalue weighted by molar-refractivity contribution is -0.274. The number of hydrogen-bond acceptors (Lipinski definition) is 7. The van der Waals surface area contributed by atoms with Gasteiger partial charge in [-0.1, -0.05) is 48.2 Å². The van der Waals surface area contributed by atoms with Gasteiger partial charge < -0.3 is 14.4 Å². The average Bonchev–Trinajstić information content (AvgIpc) is 3.59. The zero-order chi connectivity index (χ0) is 28.1. The minimum atomic E-state index is -4.76. The lowest BCUT2D eigenvalue weighted by Crippen LogP contribution is -2.24. The van der Waals surface area contributed by atoms with Crippen LogP contribution in [0.25, 0.3) is 17.1 Å². The van der Waals surface area contributed by atoms with Gasteiger partial charge in [0, 0.05) is 17.9 Å². The van der Waals surface area contributed by atoms with Crippen LogP contribution in [0, 0.1) is 0 Å². The molecule has 8 nitrogen and oxygen atoms in total. The molecule has 0 atom stereocenters. The Labute approximate surface area is 228 Å². The molecule has 1 saturated heterocycles. The van der Waals surface area contributed by atoms with Gasteiger partial charge in [-0.05, 0) is 42.0 Å². The number of nitrogens with zero attached hydrogens (tertiary/aromatic N) is 6. The number of thioether (sulfide) groups is 1. The van der Waals surface area contributed by atoms with Crippen LogP contribution in [0.1, 0.15) is 5.56 Å². The van der Waals surface area contributed by atoms with Crippen molar-refractivity contribution in [3.8, 4) is 28.6 Å². The van der Waals surface area contributed by atoms with Crippen LogP contribution in [0.3, 0.4) is 0 Å². The Kier molecular flexibility index (Phi) is 7.96. The van der Waals surface area contributed by atoms with Gasteiger partial charge in [-0.2, -0.15) is 13.9 Å². The Balaban J connectivity index is 1.25. The number of rotatable bonds is 8. The summed E-state index contributed by atoms with van der Waals surface area (Å²) in [6.07, 6.45) is -1.75. The van der Waals surface area contributed by atoms with E-state index in [0.29, 0.717) is 34.5 Å². The molecule has 1 aliphatic heterocycles. The molecule has 206 valence electrons. The number of anilines is 1. The first kappa shape index (κ1) is 27.1. The second-order valence-corrected chi connectivity index (χ2v) is 9.21. The summed E-state index contributed by atoms with van der Waals surface area (Å²) in [4.78, 5) is 6.05. The molecule has 3 aromatic carbocycles. The van der Waals surface area contributed by atoms with Crippen LogP contribution in [-0.4, -0.2) is 51.4 Å². The van der Waals surface area contributed by atoms with Gasteiger partial charge >= 0.3 is 13.0 Å². The van der Waals surface area contributed by atoms with Crippen LogP contribution >= 0.6 is 11.8 Å². The normalized spacial score (nSPS) is 14.9. The van der Waals surface area contributed by atoms with Crippen molar-refractivity contribution in [3.05, 3.63) is 84.7 Å². The highest BCUT2D eigenvalue weighted by molar-refractivity contribution is 8.14. The fourth-order valence-corrected chi connectivity index (χ4v) is 4.67. The van der Waals surface area contributed by atoms with Crippen molar-refractivity contribution < 1.29 is 31.4 Å². The summed E-state index contributed by atoms with van der Waals surface area (Å²) in [6.45, 7) is -2.36. The monoisotopic (exact) mass is 574 g/mol. The van der Waals surface area contributed by atoms with Gasteiger partial charge in [0.1, 0.15) is 17.8 Å². The molecule has 0 spiro atoms. The van der Waals surface area contributed by atoms with Gasteiger partial charge in [0.15, 0.2) is 11.0 Å². The van der Waals surface area contributed by atoms with E-state index in [2.05, 4.69) is 29.8 Å². The molecule has 0 saturated carbocycles. The minimum Gasteiger partial charge on any atom is -0.433 e. The predicted octanol–water partition coefficient (Wildman–Crippen LogP) is 6.38. The predicted molar refractivity (Wildman–Crippen MR) is 141 cm³/mol. The Hall–Kier alpha value is -4.46. The van der Waals surface area contributed by atoms with E-state index in [-0.39, 0.29) is 11.5 Å². The van der Waals surface area contributed by atoms with Crippen LogP contribution in [0.4, 0.5) is 27.6 Å². The van der Waals surface area contributed by atoms with Crippen molar-refractivity contribution in [3.63, 3.8) is 0 Å². The van der Waals surface area contributed by atoms with E-state index >= 15 is 0 Å². The summed E-state index contributed by atoms with van der Waals surface area (Å²) in [5.41, 5.74) is 2.47. The SMILES string of the molecule is FC(F)Oc1ccccc1N1CCS/C1=N\N=C\c1ccc(-c2ncn(-c3ccc(OC(F)(F)F)cc3)n2)cc1. The molecule has 0 radical (unpaired) electrons. The van der Waals surface area contributed by atoms with E-state index in [1.165, 1.54) is 53.1 Å². The number of hydrogen-bond donors (Lipinski definition) is 0. The lowest BCUT2D eigenvalue weighted by Gasteiger charge is -2.20. The van der Waals surface area contributed by atoms with Gasteiger partial charge in [0.2, 0.25) is 0 Å². The van der Waals surface area contributed by atoms with Crippen molar-refractivity contribution in [2.75, 3.05) is 17.2 Å². The van der Waals surface area contributed by atoms with E-state index in [0.717, 1.165) is 11.3 Å². The molecule has 1 aromatic heterocycles. The van der Waals surface area contributed by atoms with Gasteiger partial charge in [-0.3, -0.25) is 0 Å². The zero-order valence-corrected chi connectivity index (χ0v) is 21.2. The molecule has 4 aromatic rings. The van der Waals surface area contributed by atoms with Gasteiger partial charge in [-0.25, -0.2) is 9.67 Å². The van der Waals surface area contributed by atoms with Crippen LogP contribution < -0.4 is 14.4 Å². The Morgan fingerprint density at radius 2 is 1.73 bits per heavy atom. The van der Waals surface area contributed by atoms with Gasteiger partial charge in [0.05, 0.1) is 17.6 Å². The maximum atomic E-state index is 12.8. The molecular formula is C26H19F5N6O2S. The molecule has 0 bridgehead atoms. The van der Waals surface area contributed by atoms with Crippen molar-refractivity contribution in [2.24, 2.45) is 10.2 Å². The van der Waals surface area contributed by atoms with E-state index < -0.39 is 13.0 Å². The molecule has 1 fully saturated rings. The molecule has 0 amide bonds. The average molecular weight is 575 g/mol. The molecule has 40 heavy (non-hydrogen) atoms. The van der Waals surface area contributed by atoms with Crippen molar-refractivity contribution >= 4 is 28.8 Å². The first-order valence-electron chi connectivity index (χ1n) is 11.7. The Bertz CT molecular complexity index is 1510. The van der Waals surface area contributed by atoms with Crippen molar-refractivity contribution in [1.29, 1.82) is 0 Å². The quantitative estimate of drug-likeness (QED) is 0.138. The highest BCUT2D eigenvalue weighted by Gasteiger charge is 2.31. The van der Waals surface area contributed by atoms with Crippen molar-refractivity contribution in [1.82, 2.24) is 14.8 Å². The third kappa shape index (κ3) is 6.75. The summed E-state index contributed by atoms with van der Waals surface area (Å²) >= 11 is 1.45. The summed E-state index contributed by atoms with van der Waals surface area (Å²) in [5.74, 6) is 0.874. The molecule has 2 heterocycles. The number of para-hydroxylation sites is 2. The number of ether oxygens (including phenoxy) is 2. The second-order valence-electron chi connectivity index (χ2n) is 8.15. The molecular weight excluding hydrogens is 555 g/mol.